The lowest BCUT2D eigenvalue weighted by atomic mass is 10.00. The van der Waals surface area contributed by atoms with E-state index in [2.05, 4.69) is 12.2 Å². The average Bonchev–Trinajstić information content (AvgIpc) is 2.40. The van der Waals surface area contributed by atoms with E-state index >= 15 is 0 Å². The van der Waals surface area contributed by atoms with Crippen molar-refractivity contribution < 1.29 is 13.6 Å². The van der Waals surface area contributed by atoms with Gasteiger partial charge in [0.05, 0.1) is 0 Å². The van der Waals surface area contributed by atoms with Crippen molar-refractivity contribution in [2.24, 2.45) is 5.92 Å². The molecule has 0 aliphatic carbocycles. The van der Waals surface area contributed by atoms with Crippen molar-refractivity contribution in [3.63, 3.8) is 0 Å². The number of nitrogens with one attached hydrogen (secondary N) is 1. The number of carbonyl (C=O) groups excluding carboxylic acids is 1. The fourth-order valence-corrected chi connectivity index (χ4v) is 2.15. The standard InChI is InChI=1S/C14H18F2N2O/c1-10-4-6-18(7-5-10)14(19)17-9-11-2-3-12(15)13(16)8-11/h2-3,8,10H,4-7,9H2,1H3,(H,17,19). The summed E-state index contributed by atoms with van der Waals surface area (Å²) in [5.41, 5.74) is 0.553. The summed E-state index contributed by atoms with van der Waals surface area (Å²) in [6.07, 6.45) is 2.02. The number of nitrogens with zero attached hydrogens (tertiary/aromatic N) is 1. The molecule has 19 heavy (non-hydrogen) atoms. The lowest BCUT2D eigenvalue weighted by Gasteiger charge is -2.30. The van der Waals surface area contributed by atoms with Gasteiger partial charge in [-0.1, -0.05) is 13.0 Å². The molecule has 1 aliphatic rings. The molecule has 1 heterocycles. The quantitative estimate of drug-likeness (QED) is 0.878. The van der Waals surface area contributed by atoms with Gasteiger partial charge in [0.2, 0.25) is 0 Å². The second-order valence-electron chi connectivity index (χ2n) is 5.08. The fraction of sp³-hybridized carbons (Fsp3) is 0.500. The summed E-state index contributed by atoms with van der Waals surface area (Å²) >= 11 is 0. The number of carbonyl (C=O) groups is 1. The minimum Gasteiger partial charge on any atom is -0.334 e. The average molecular weight is 268 g/mol. The van der Waals surface area contributed by atoms with Gasteiger partial charge in [-0.3, -0.25) is 0 Å². The van der Waals surface area contributed by atoms with Crippen LogP contribution in [0.15, 0.2) is 18.2 Å². The molecule has 0 atom stereocenters. The molecular formula is C14H18F2N2O. The Morgan fingerprint density at radius 1 is 1.32 bits per heavy atom. The molecule has 1 aromatic rings. The number of hydrogen-bond donors (Lipinski definition) is 1. The molecule has 0 unspecified atom stereocenters. The number of piperidine rings is 1. The van der Waals surface area contributed by atoms with Crippen molar-refractivity contribution in [1.29, 1.82) is 0 Å². The largest absolute Gasteiger partial charge is 0.334 e. The van der Waals surface area contributed by atoms with Crippen molar-refractivity contribution in [1.82, 2.24) is 10.2 Å². The van der Waals surface area contributed by atoms with Crippen LogP contribution in [0.25, 0.3) is 0 Å². The van der Waals surface area contributed by atoms with Gasteiger partial charge in [0.25, 0.3) is 0 Å². The van der Waals surface area contributed by atoms with Crippen molar-refractivity contribution in [3.05, 3.63) is 35.4 Å². The summed E-state index contributed by atoms with van der Waals surface area (Å²) in [5.74, 6) is -1.10. The number of hydrogen-bond acceptors (Lipinski definition) is 1. The highest BCUT2D eigenvalue weighted by molar-refractivity contribution is 5.74. The molecule has 0 radical (unpaired) electrons. The second-order valence-corrected chi connectivity index (χ2v) is 5.08. The van der Waals surface area contributed by atoms with E-state index in [9.17, 15) is 13.6 Å². The Hall–Kier alpha value is -1.65. The molecule has 0 aromatic heterocycles. The number of halogens is 2. The van der Waals surface area contributed by atoms with E-state index in [-0.39, 0.29) is 12.6 Å². The monoisotopic (exact) mass is 268 g/mol. The van der Waals surface area contributed by atoms with Gasteiger partial charge in [-0.2, -0.15) is 0 Å². The van der Waals surface area contributed by atoms with Crippen molar-refractivity contribution in [2.75, 3.05) is 13.1 Å². The Morgan fingerprint density at radius 3 is 2.63 bits per heavy atom. The van der Waals surface area contributed by atoms with Crippen molar-refractivity contribution in [3.8, 4) is 0 Å². The first-order chi connectivity index (χ1) is 9.06. The highest BCUT2D eigenvalue weighted by atomic mass is 19.2. The molecule has 2 rings (SSSR count). The van der Waals surface area contributed by atoms with Gasteiger partial charge in [0.15, 0.2) is 11.6 Å². The molecule has 1 saturated heterocycles. The maximum atomic E-state index is 13.0. The minimum atomic E-state index is -0.890. The molecule has 0 spiro atoms. The summed E-state index contributed by atoms with van der Waals surface area (Å²) in [5, 5.41) is 2.73. The number of benzene rings is 1. The Morgan fingerprint density at radius 2 is 2.00 bits per heavy atom. The fourth-order valence-electron chi connectivity index (χ4n) is 2.15. The number of rotatable bonds is 2. The lowest BCUT2D eigenvalue weighted by molar-refractivity contribution is 0.173. The summed E-state index contributed by atoms with van der Waals surface area (Å²) in [7, 11) is 0. The Balaban J connectivity index is 1.84. The van der Waals surface area contributed by atoms with Gasteiger partial charge in [0, 0.05) is 19.6 Å². The normalized spacial score (nSPS) is 16.5. The van der Waals surface area contributed by atoms with Crippen LogP contribution in [0.2, 0.25) is 0 Å². The smallest absolute Gasteiger partial charge is 0.317 e. The molecule has 1 N–H and O–H groups in total. The zero-order valence-corrected chi connectivity index (χ0v) is 11.0. The Labute approximate surface area is 111 Å². The topological polar surface area (TPSA) is 32.3 Å². The number of amides is 2. The van der Waals surface area contributed by atoms with Gasteiger partial charge in [-0.25, -0.2) is 13.6 Å². The third kappa shape index (κ3) is 3.66. The second kappa shape index (κ2) is 5.99. The SMILES string of the molecule is CC1CCN(C(=O)NCc2ccc(F)c(F)c2)CC1. The molecule has 104 valence electrons. The van der Waals surface area contributed by atoms with E-state index in [0.29, 0.717) is 11.5 Å². The van der Waals surface area contributed by atoms with Crippen LogP contribution >= 0.6 is 0 Å². The summed E-state index contributed by atoms with van der Waals surface area (Å²) in [6.45, 7) is 3.90. The summed E-state index contributed by atoms with van der Waals surface area (Å²) in [4.78, 5) is 13.6. The van der Waals surface area contributed by atoms with Crippen LogP contribution in [-0.2, 0) is 6.54 Å². The highest BCUT2D eigenvalue weighted by Crippen LogP contribution is 2.16. The van der Waals surface area contributed by atoms with Crippen LogP contribution in [0.1, 0.15) is 25.3 Å². The maximum absolute atomic E-state index is 13.0. The first-order valence-corrected chi connectivity index (χ1v) is 6.53. The third-order valence-corrected chi connectivity index (χ3v) is 3.50. The van der Waals surface area contributed by atoms with Crippen LogP contribution in [0.4, 0.5) is 13.6 Å². The zero-order chi connectivity index (χ0) is 13.8. The Kier molecular flexibility index (Phi) is 4.35. The van der Waals surface area contributed by atoms with Crippen molar-refractivity contribution >= 4 is 6.03 Å². The maximum Gasteiger partial charge on any atom is 0.317 e. The predicted molar refractivity (Wildman–Crippen MR) is 68.6 cm³/mol. The first kappa shape index (κ1) is 13.8. The molecule has 5 heteroatoms. The van der Waals surface area contributed by atoms with E-state index in [0.717, 1.165) is 38.1 Å². The number of urea groups is 1. The molecule has 0 bridgehead atoms. The molecule has 1 fully saturated rings. The number of likely N-dealkylation sites (tertiary alicyclic amines) is 1. The molecule has 1 aromatic carbocycles. The first-order valence-electron chi connectivity index (χ1n) is 6.53. The molecule has 3 nitrogen and oxygen atoms in total. The molecular weight excluding hydrogens is 250 g/mol. The Bertz CT molecular complexity index is 457. The molecule has 2 amide bonds. The van der Waals surface area contributed by atoms with Gasteiger partial charge < -0.3 is 10.2 Å². The van der Waals surface area contributed by atoms with E-state index < -0.39 is 11.6 Å². The van der Waals surface area contributed by atoms with Crippen LogP contribution in [0.5, 0.6) is 0 Å². The summed E-state index contributed by atoms with van der Waals surface area (Å²) in [6, 6.07) is 3.50. The van der Waals surface area contributed by atoms with Gasteiger partial charge in [-0.05, 0) is 36.5 Å². The zero-order valence-electron chi connectivity index (χ0n) is 11.0. The third-order valence-electron chi connectivity index (χ3n) is 3.50. The highest BCUT2D eigenvalue weighted by Gasteiger charge is 2.19. The predicted octanol–water partition coefficient (Wildman–Crippen LogP) is 2.91. The summed E-state index contributed by atoms with van der Waals surface area (Å²) < 4.78 is 25.8. The van der Waals surface area contributed by atoms with E-state index in [1.807, 2.05) is 0 Å². The van der Waals surface area contributed by atoms with Crippen LogP contribution in [0, 0.1) is 17.6 Å². The van der Waals surface area contributed by atoms with Crippen LogP contribution in [0.3, 0.4) is 0 Å². The van der Waals surface area contributed by atoms with Crippen LogP contribution in [-0.4, -0.2) is 24.0 Å². The van der Waals surface area contributed by atoms with Crippen molar-refractivity contribution in [2.45, 2.75) is 26.3 Å². The molecule has 1 aliphatic heterocycles. The minimum absolute atomic E-state index is 0.142. The van der Waals surface area contributed by atoms with E-state index in [1.54, 1.807) is 4.90 Å². The van der Waals surface area contributed by atoms with E-state index in [1.165, 1.54) is 6.07 Å². The van der Waals surface area contributed by atoms with Gasteiger partial charge >= 0.3 is 6.03 Å². The molecule has 0 saturated carbocycles. The van der Waals surface area contributed by atoms with Gasteiger partial charge in [0.1, 0.15) is 0 Å². The van der Waals surface area contributed by atoms with E-state index in [4.69, 9.17) is 0 Å². The van der Waals surface area contributed by atoms with Gasteiger partial charge in [-0.15, -0.1) is 0 Å². The lowest BCUT2D eigenvalue weighted by Crippen LogP contribution is -2.43. The van der Waals surface area contributed by atoms with Crippen LogP contribution < -0.4 is 5.32 Å².